The Hall–Kier alpha value is -0.450. The quantitative estimate of drug-likeness (QED) is 0.681. The first-order valence-corrected chi connectivity index (χ1v) is 7.08. The van der Waals surface area contributed by atoms with Crippen LogP contribution in [0.5, 0.6) is 0 Å². The smallest absolute Gasteiger partial charge is 0.136 e. The molecule has 0 saturated carbocycles. The average molecular weight is 256 g/mol. The molecule has 4 nitrogen and oxygen atoms in total. The van der Waals surface area contributed by atoms with Crippen LogP contribution in [0.2, 0.25) is 0 Å². The van der Waals surface area contributed by atoms with Crippen LogP contribution in [0.3, 0.4) is 0 Å². The Kier molecular flexibility index (Phi) is 5.15. The maximum Gasteiger partial charge on any atom is 0.136 e. The van der Waals surface area contributed by atoms with E-state index >= 15 is 0 Å². The topological polar surface area (TPSA) is 44.8 Å². The van der Waals surface area contributed by atoms with Gasteiger partial charge in [0.2, 0.25) is 0 Å². The molecule has 0 aromatic rings. The molecule has 0 N–H and O–H groups in total. The van der Waals surface area contributed by atoms with Gasteiger partial charge in [0.25, 0.3) is 0 Å². The van der Waals surface area contributed by atoms with Gasteiger partial charge in [-0.25, -0.2) is 0 Å². The molecule has 2 saturated heterocycles. The van der Waals surface area contributed by atoms with Crippen molar-refractivity contribution in [3.05, 3.63) is 0 Å². The van der Waals surface area contributed by atoms with Crippen molar-refractivity contribution in [3.63, 3.8) is 0 Å². The summed E-state index contributed by atoms with van der Waals surface area (Å²) in [5.74, 6) is 0.548. The van der Waals surface area contributed by atoms with Crippen LogP contribution in [-0.4, -0.2) is 44.4 Å². The van der Waals surface area contributed by atoms with Gasteiger partial charge < -0.3 is 14.2 Å². The Balaban J connectivity index is 1.75. The SMILES string of the molecule is CCOCCCC(=O)C1CCOC2(CCOC2)C1. The summed E-state index contributed by atoms with van der Waals surface area (Å²) in [5, 5.41) is 0. The molecule has 104 valence electrons. The number of ketones is 1. The molecule has 0 aliphatic carbocycles. The first-order valence-electron chi connectivity index (χ1n) is 7.08. The van der Waals surface area contributed by atoms with Gasteiger partial charge in [0.1, 0.15) is 5.78 Å². The zero-order valence-electron chi connectivity index (χ0n) is 11.3. The Morgan fingerprint density at radius 2 is 2.33 bits per heavy atom. The van der Waals surface area contributed by atoms with Gasteiger partial charge in [-0.3, -0.25) is 4.79 Å². The van der Waals surface area contributed by atoms with E-state index in [0.29, 0.717) is 32.0 Å². The normalized spacial score (nSPS) is 31.9. The second-order valence-corrected chi connectivity index (χ2v) is 5.29. The first kappa shape index (κ1) is 14.0. The summed E-state index contributed by atoms with van der Waals surface area (Å²) in [7, 11) is 0. The van der Waals surface area contributed by atoms with Gasteiger partial charge in [0.05, 0.1) is 12.2 Å². The van der Waals surface area contributed by atoms with Crippen molar-refractivity contribution >= 4 is 5.78 Å². The summed E-state index contributed by atoms with van der Waals surface area (Å²) in [6.07, 6.45) is 4.14. The molecule has 1 spiro atoms. The molecule has 2 aliphatic rings. The second kappa shape index (κ2) is 6.64. The van der Waals surface area contributed by atoms with Gasteiger partial charge in [-0.05, 0) is 26.2 Å². The fourth-order valence-electron chi connectivity index (χ4n) is 2.86. The van der Waals surface area contributed by atoms with Crippen molar-refractivity contribution in [2.75, 3.05) is 33.0 Å². The lowest BCUT2D eigenvalue weighted by molar-refractivity contribution is -0.137. The maximum atomic E-state index is 12.1. The van der Waals surface area contributed by atoms with E-state index in [1.807, 2.05) is 6.92 Å². The van der Waals surface area contributed by atoms with Gasteiger partial charge in [-0.2, -0.15) is 0 Å². The highest BCUT2D eigenvalue weighted by molar-refractivity contribution is 5.81. The molecule has 2 rings (SSSR count). The minimum absolute atomic E-state index is 0.154. The van der Waals surface area contributed by atoms with E-state index in [9.17, 15) is 4.79 Å². The molecule has 0 aromatic heterocycles. The number of rotatable bonds is 6. The van der Waals surface area contributed by atoms with Crippen LogP contribution in [0, 0.1) is 5.92 Å². The molecule has 2 unspecified atom stereocenters. The molecule has 0 amide bonds. The van der Waals surface area contributed by atoms with Crippen molar-refractivity contribution in [2.45, 2.75) is 44.6 Å². The first-order chi connectivity index (χ1) is 8.76. The highest BCUT2D eigenvalue weighted by Gasteiger charge is 2.42. The van der Waals surface area contributed by atoms with E-state index in [-0.39, 0.29) is 11.5 Å². The van der Waals surface area contributed by atoms with E-state index in [1.54, 1.807) is 0 Å². The lowest BCUT2D eigenvalue weighted by atomic mass is 9.82. The Labute approximate surface area is 109 Å². The van der Waals surface area contributed by atoms with E-state index in [0.717, 1.165) is 38.9 Å². The van der Waals surface area contributed by atoms with Gasteiger partial charge in [-0.15, -0.1) is 0 Å². The van der Waals surface area contributed by atoms with Crippen molar-refractivity contribution < 1.29 is 19.0 Å². The Morgan fingerprint density at radius 3 is 3.06 bits per heavy atom. The molecule has 2 fully saturated rings. The summed E-state index contributed by atoms with van der Waals surface area (Å²) in [4.78, 5) is 12.1. The fraction of sp³-hybridized carbons (Fsp3) is 0.929. The van der Waals surface area contributed by atoms with Crippen LogP contribution < -0.4 is 0 Å². The van der Waals surface area contributed by atoms with Gasteiger partial charge >= 0.3 is 0 Å². The van der Waals surface area contributed by atoms with Gasteiger partial charge in [-0.1, -0.05) is 0 Å². The molecule has 0 radical (unpaired) electrons. The van der Waals surface area contributed by atoms with Gasteiger partial charge in [0, 0.05) is 45.2 Å². The molecule has 0 aromatic carbocycles. The fourth-order valence-corrected chi connectivity index (χ4v) is 2.86. The Bertz CT molecular complexity index is 271. The number of carbonyl (C=O) groups is 1. The number of ether oxygens (including phenoxy) is 3. The summed E-state index contributed by atoms with van der Waals surface area (Å²) < 4.78 is 16.5. The van der Waals surface area contributed by atoms with Crippen molar-refractivity contribution in [2.24, 2.45) is 5.92 Å². The zero-order chi connectivity index (χ0) is 12.8. The minimum Gasteiger partial charge on any atom is -0.382 e. The number of hydrogen-bond acceptors (Lipinski definition) is 4. The summed E-state index contributed by atoms with van der Waals surface area (Å²) >= 11 is 0. The third-order valence-electron chi connectivity index (χ3n) is 3.93. The van der Waals surface area contributed by atoms with Crippen LogP contribution in [-0.2, 0) is 19.0 Å². The average Bonchev–Trinajstić information content (AvgIpc) is 2.82. The van der Waals surface area contributed by atoms with Crippen LogP contribution in [0.1, 0.15) is 39.0 Å². The van der Waals surface area contributed by atoms with Crippen LogP contribution in [0.4, 0.5) is 0 Å². The third kappa shape index (κ3) is 3.53. The standard InChI is InChI=1S/C14H24O4/c1-2-16-7-3-4-13(15)12-5-8-18-14(10-12)6-9-17-11-14/h12H,2-11H2,1H3. The highest BCUT2D eigenvalue weighted by atomic mass is 16.6. The molecular weight excluding hydrogens is 232 g/mol. The number of hydrogen-bond donors (Lipinski definition) is 0. The molecule has 2 heterocycles. The predicted molar refractivity (Wildman–Crippen MR) is 67.6 cm³/mol. The maximum absolute atomic E-state index is 12.1. The summed E-state index contributed by atoms with van der Waals surface area (Å²) in [5.41, 5.74) is -0.154. The lowest BCUT2D eigenvalue weighted by Crippen LogP contribution is -2.42. The lowest BCUT2D eigenvalue weighted by Gasteiger charge is -2.36. The molecule has 18 heavy (non-hydrogen) atoms. The van der Waals surface area contributed by atoms with Crippen molar-refractivity contribution in [3.8, 4) is 0 Å². The van der Waals surface area contributed by atoms with Crippen molar-refractivity contribution in [1.29, 1.82) is 0 Å². The van der Waals surface area contributed by atoms with Crippen LogP contribution in [0.25, 0.3) is 0 Å². The Morgan fingerprint density at radius 1 is 1.44 bits per heavy atom. The second-order valence-electron chi connectivity index (χ2n) is 5.29. The van der Waals surface area contributed by atoms with Gasteiger partial charge in [0.15, 0.2) is 0 Å². The molecule has 2 atom stereocenters. The van der Waals surface area contributed by atoms with Crippen LogP contribution >= 0.6 is 0 Å². The molecular formula is C14H24O4. The third-order valence-corrected chi connectivity index (χ3v) is 3.93. The zero-order valence-corrected chi connectivity index (χ0v) is 11.3. The monoisotopic (exact) mass is 256 g/mol. The van der Waals surface area contributed by atoms with E-state index in [1.165, 1.54) is 0 Å². The van der Waals surface area contributed by atoms with E-state index < -0.39 is 0 Å². The minimum atomic E-state index is -0.154. The summed E-state index contributed by atoms with van der Waals surface area (Å²) in [6.45, 7) is 5.53. The molecule has 2 aliphatic heterocycles. The van der Waals surface area contributed by atoms with E-state index in [2.05, 4.69) is 0 Å². The predicted octanol–water partition coefficient (Wildman–Crippen LogP) is 1.96. The van der Waals surface area contributed by atoms with E-state index in [4.69, 9.17) is 14.2 Å². The highest BCUT2D eigenvalue weighted by Crippen LogP contribution is 2.36. The largest absolute Gasteiger partial charge is 0.382 e. The number of Topliss-reactive ketones (excluding diaryl/α,β-unsaturated/α-hetero) is 1. The molecule has 4 heteroatoms. The summed E-state index contributed by atoms with van der Waals surface area (Å²) in [6, 6.07) is 0. The molecule has 0 bridgehead atoms. The number of carbonyl (C=O) groups excluding carboxylic acids is 1. The van der Waals surface area contributed by atoms with Crippen LogP contribution in [0.15, 0.2) is 0 Å². The van der Waals surface area contributed by atoms with Crippen molar-refractivity contribution in [1.82, 2.24) is 0 Å².